The summed E-state index contributed by atoms with van der Waals surface area (Å²) < 4.78 is 21.2. The maximum atomic E-state index is 14.5. The Kier molecular flexibility index (Phi) is 4.61. The van der Waals surface area contributed by atoms with Crippen LogP contribution >= 0.6 is 0 Å². The number of hydrogen-bond donors (Lipinski definition) is 1. The molecule has 0 spiro atoms. The first-order chi connectivity index (χ1) is 12.4. The van der Waals surface area contributed by atoms with Crippen molar-refractivity contribution in [3.8, 4) is 5.69 Å². The highest BCUT2D eigenvalue weighted by molar-refractivity contribution is 5.90. The van der Waals surface area contributed by atoms with Gasteiger partial charge in [-0.3, -0.25) is 9.69 Å². The minimum atomic E-state index is -0.715. The van der Waals surface area contributed by atoms with Crippen molar-refractivity contribution in [2.24, 2.45) is 5.16 Å². The van der Waals surface area contributed by atoms with Crippen LogP contribution in [0.3, 0.4) is 0 Å². The average molecular weight is 360 g/mol. The number of rotatable bonds is 4. The molecule has 2 aromatic rings. The lowest BCUT2D eigenvalue weighted by Crippen LogP contribution is -2.38. The molecular formula is C17H17FN4O4. The predicted molar refractivity (Wildman–Crippen MR) is 91.2 cm³/mol. The molecule has 1 N–H and O–H groups in total. The Bertz CT molecular complexity index is 879. The van der Waals surface area contributed by atoms with Gasteiger partial charge >= 0.3 is 6.09 Å². The van der Waals surface area contributed by atoms with Gasteiger partial charge in [-0.2, -0.15) is 0 Å². The van der Waals surface area contributed by atoms with Crippen molar-refractivity contribution in [3.05, 3.63) is 48.0 Å². The normalized spacial score (nSPS) is 17.0. The van der Waals surface area contributed by atoms with Crippen LogP contribution in [0.15, 0.2) is 41.8 Å². The Balaban J connectivity index is 1.83. The van der Waals surface area contributed by atoms with Gasteiger partial charge in [-0.1, -0.05) is 5.16 Å². The number of aromatic nitrogens is 1. The van der Waals surface area contributed by atoms with E-state index < -0.39 is 18.1 Å². The van der Waals surface area contributed by atoms with E-state index in [9.17, 15) is 14.0 Å². The number of carbonyl (C=O) groups excluding carboxylic acids is 2. The minimum Gasteiger partial charge on any atom is -0.423 e. The van der Waals surface area contributed by atoms with Crippen LogP contribution in [0.4, 0.5) is 14.9 Å². The molecule has 2 amide bonds. The van der Waals surface area contributed by atoms with Crippen LogP contribution in [0.1, 0.15) is 12.5 Å². The van der Waals surface area contributed by atoms with E-state index in [2.05, 4.69) is 5.16 Å². The van der Waals surface area contributed by atoms with E-state index >= 15 is 0 Å². The number of benzene rings is 1. The SMILES string of the molecule is CC(=O)N(C)C1CN(c2ccc(-n3ccc(C=NO)c3)c(F)c2)C(=O)O1. The molecule has 0 aliphatic carbocycles. The summed E-state index contributed by atoms with van der Waals surface area (Å²) in [5.74, 6) is -0.775. The smallest absolute Gasteiger partial charge is 0.416 e. The maximum Gasteiger partial charge on any atom is 0.416 e. The predicted octanol–water partition coefficient (Wildman–Crippen LogP) is 2.19. The fourth-order valence-corrected chi connectivity index (χ4v) is 2.64. The topological polar surface area (TPSA) is 87.4 Å². The highest BCUT2D eigenvalue weighted by Gasteiger charge is 2.36. The fourth-order valence-electron chi connectivity index (χ4n) is 2.64. The van der Waals surface area contributed by atoms with Crippen molar-refractivity contribution in [1.82, 2.24) is 9.47 Å². The highest BCUT2D eigenvalue weighted by atomic mass is 19.1. The van der Waals surface area contributed by atoms with E-state index in [-0.39, 0.29) is 18.1 Å². The fraction of sp³-hybridized carbons (Fsp3) is 0.235. The molecule has 26 heavy (non-hydrogen) atoms. The zero-order chi connectivity index (χ0) is 18.8. The Morgan fingerprint density at radius 2 is 2.23 bits per heavy atom. The summed E-state index contributed by atoms with van der Waals surface area (Å²) in [5, 5.41) is 11.5. The molecule has 1 aromatic heterocycles. The Hall–Kier alpha value is -3.36. The van der Waals surface area contributed by atoms with E-state index in [4.69, 9.17) is 9.94 Å². The Labute approximate surface area is 148 Å². The quantitative estimate of drug-likeness (QED) is 0.514. The standard InChI is InChI=1S/C17H17FN4O4/c1-11(23)20(2)16-10-22(17(24)26-16)13-3-4-15(14(18)7-13)21-6-5-12(9-21)8-19-25/h3-9,16,25H,10H2,1-2H3. The van der Waals surface area contributed by atoms with Crippen LogP contribution in [0.25, 0.3) is 5.69 Å². The van der Waals surface area contributed by atoms with Gasteiger partial charge in [0.05, 0.1) is 24.1 Å². The zero-order valence-corrected chi connectivity index (χ0v) is 14.2. The van der Waals surface area contributed by atoms with Crippen LogP contribution in [0, 0.1) is 5.82 Å². The maximum absolute atomic E-state index is 14.5. The summed E-state index contributed by atoms with van der Waals surface area (Å²) in [7, 11) is 1.53. The van der Waals surface area contributed by atoms with E-state index in [1.165, 1.54) is 46.7 Å². The van der Waals surface area contributed by atoms with Gasteiger partial charge in [0.2, 0.25) is 5.91 Å². The number of halogens is 1. The van der Waals surface area contributed by atoms with Gasteiger partial charge in [0.1, 0.15) is 5.82 Å². The van der Waals surface area contributed by atoms with Crippen LogP contribution in [-0.4, -0.2) is 52.7 Å². The third kappa shape index (κ3) is 3.23. The summed E-state index contributed by atoms with van der Waals surface area (Å²) >= 11 is 0. The van der Waals surface area contributed by atoms with Gasteiger partial charge in [-0.05, 0) is 24.3 Å². The van der Waals surface area contributed by atoms with E-state index in [1.54, 1.807) is 24.5 Å². The first-order valence-corrected chi connectivity index (χ1v) is 7.77. The van der Waals surface area contributed by atoms with Gasteiger partial charge in [0, 0.05) is 31.9 Å². The second-order valence-corrected chi connectivity index (χ2v) is 5.81. The summed E-state index contributed by atoms with van der Waals surface area (Å²) in [6, 6.07) is 6.01. The van der Waals surface area contributed by atoms with Gasteiger partial charge in [-0.15, -0.1) is 0 Å². The first-order valence-electron chi connectivity index (χ1n) is 7.77. The lowest BCUT2D eigenvalue weighted by atomic mass is 10.2. The van der Waals surface area contributed by atoms with Crippen molar-refractivity contribution >= 4 is 23.9 Å². The number of oxime groups is 1. The third-order valence-corrected chi connectivity index (χ3v) is 4.17. The molecular weight excluding hydrogens is 343 g/mol. The van der Waals surface area contributed by atoms with Crippen molar-refractivity contribution in [3.63, 3.8) is 0 Å². The third-order valence-electron chi connectivity index (χ3n) is 4.17. The molecule has 1 saturated heterocycles. The molecule has 1 atom stereocenters. The second-order valence-electron chi connectivity index (χ2n) is 5.81. The average Bonchev–Trinajstić information content (AvgIpc) is 3.21. The van der Waals surface area contributed by atoms with Crippen LogP contribution in [-0.2, 0) is 9.53 Å². The van der Waals surface area contributed by atoms with Gasteiger partial charge in [-0.25, -0.2) is 9.18 Å². The Morgan fingerprint density at radius 3 is 2.88 bits per heavy atom. The number of cyclic esters (lactones) is 1. The number of carbonyl (C=O) groups is 2. The summed E-state index contributed by atoms with van der Waals surface area (Å²) in [5.41, 5.74) is 1.21. The van der Waals surface area contributed by atoms with Gasteiger partial charge in [0.15, 0.2) is 6.23 Å². The van der Waals surface area contributed by atoms with Crippen molar-refractivity contribution in [2.75, 3.05) is 18.5 Å². The number of anilines is 1. The van der Waals surface area contributed by atoms with E-state index in [0.29, 0.717) is 11.3 Å². The molecule has 1 aliphatic heterocycles. The second kappa shape index (κ2) is 6.87. The molecule has 8 nitrogen and oxygen atoms in total. The highest BCUT2D eigenvalue weighted by Crippen LogP contribution is 2.26. The van der Waals surface area contributed by atoms with E-state index in [0.717, 1.165) is 0 Å². The van der Waals surface area contributed by atoms with Gasteiger partial charge in [0.25, 0.3) is 0 Å². The first kappa shape index (κ1) is 17.5. The van der Waals surface area contributed by atoms with Crippen molar-refractivity contribution in [2.45, 2.75) is 13.2 Å². The number of ether oxygens (including phenoxy) is 1. The summed E-state index contributed by atoms with van der Waals surface area (Å²) in [6.45, 7) is 1.49. The summed E-state index contributed by atoms with van der Waals surface area (Å²) in [4.78, 5) is 26.1. The zero-order valence-electron chi connectivity index (χ0n) is 14.2. The molecule has 0 radical (unpaired) electrons. The summed E-state index contributed by atoms with van der Waals surface area (Å²) in [6.07, 6.45) is 3.09. The van der Waals surface area contributed by atoms with Crippen molar-refractivity contribution < 1.29 is 23.9 Å². The van der Waals surface area contributed by atoms with Crippen molar-refractivity contribution in [1.29, 1.82) is 0 Å². The molecule has 1 fully saturated rings. The molecule has 0 saturated carbocycles. The molecule has 2 heterocycles. The number of nitrogens with zero attached hydrogens (tertiary/aromatic N) is 4. The van der Waals surface area contributed by atoms with Crippen LogP contribution < -0.4 is 4.90 Å². The molecule has 1 unspecified atom stereocenters. The number of hydrogen-bond acceptors (Lipinski definition) is 5. The monoisotopic (exact) mass is 360 g/mol. The van der Waals surface area contributed by atoms with Gasteiger partial charge < -0.3 is 19.4 Å². The molecule has 3 rings (SSSR count). The van der Waals surface area contributed by atoms with Crippen LogP contribution in [0.5, 0.6) is 0 Å². The molecule has 1 aromatic carbocycles. The number of likely N-dealkylation sites (N-methyl/N-ethyl adjacent to an activating group) is 1. The largest absolute Gasteiger partial charge is 0.423 e. The molecule has 136 valence electrons. The Morgan fingerprint density at radius 1 is 1.46 bits per heavy atom. The molecule has 9 heteroatoms. The lowest BCUT2D eigenvalue weighted by Gasteiger charge is -2.20. The van der Waals surface area contributed by atoms with E-state index in [1.807, 2.05) is 0 Å². The number of amides is 2. The molecule has 0 bridgehead atoms. The lowest BCUT2D eigenvalue weighted by molar-refractivity contribution is -0.134. The molecule has 1 aliphatic rings. The minimum absolute atomic E-state index is 0.119. The van der Waals surface area contributed by atoms with Crippen LogP contribution in [0.2, 0.25) is 0 Å².